The highest BCUT2D eigenvalue weighted by atomic mass is 16.5. The Morgan fingerprint density at radius 2 is 1.90 bits per heavy atom. The third-order valence-corrected chi connectivity index (χ3v) is 9.96. The zero-order chi connectivity index (χ0) is 29.4. The number of aryl methyl sites for hydroxylation is 2. The van der Waals surface area contributed by atoms with Gasteiger partial charge in [-0.25, -0.2) is 0 Å². The lowest BCUT2D eigenvalue weighted by molar-refractivity contribution is -0.0729. The Morgan fingerprint density at radius 1 is 1.12 bits per heavy atom. The number of hydrogen-bond donors (Lipinski definition) is 2. The largest absolute Gasteiger partial charge is 0.490 e. The molecule has 5 fully saturated rings. The van der Waals surface area contributed by atoms with Gasteiger partial charge < -0.3 is 29.4 Å². The molecule has 2 bridgehead atoms. The zero-order valence-electron chi connectivity index (χ0n) is 25.5. The summed E-state index contributed by atoms with van der Waals surface area (Å²) >= 11 is 0. The lowest BCUT2D eigenvalue weighted by Crippen LogP contribution is -2.53. The maximum absolute atomic E-state index is 13.7. The van der Waals surface area contributed by atoms with Crippen molar-refractivity contribution in [3.8, 4) is 5.75 Å². The number of morpholine rings is 1. The Kier molecular flexibility index (Phi) is 8.61. The molecule has 1 aromatic heterocycles. The molecule has 2 aromatic rings. The molecule has 2 saturated carbocycles. The summed E-state index contributed by atoms with van der Waals surface area (Å²) in [5, 5.41) is 3.03. The molecule has 228 valence electrons. The molecule has 3 saturated heterocycles. The fourth-order valence-corrected chi connectivity index (χ4v) is 7.45. The van der Waals surface area contributed by atoms with Crippen LogP contribution in [0.5, 0.6) is 5.75 Å². The number of carbonyl (C=O) groups is 1. The second kappa shape index (κ2) is 12.4. The van der Waals surface area contributed by atoms with Crippen LogP contribution >= 0.6 is 0 Å². The number of benzene rings is 1. The fourth-order valence-electron chi connectivity index (χ4n) is 7.45. The average Bonchev–Trinajstić information content (AvgIpc) is 2.97. The number of pyridine rings is 1. The quantitative estimate of drug-likeness (QED) is 0.467. The van der Waals surface area contributed by atoms with Gasteiger partial charge in [-0.2, -0.15) is 0 Å². The summed E-state index contributed by atoms with van der Waals surface area (Å²) in [5.74, 6) is 1.04. The number of H-pyrrole nitrogens is 1. The van der Waals surface area contributed by atoms with Crippen molar-refractivity contribution in [3.05, 3.63) is 56.5 Å². The number of hydrogen-bond acceptors (Lipinski definition) is 7. The summed E-state index contributed by atoms with van der Waals surface area (Å²) in [6, 6.07) is 6.90. The van der Waals surface area contributed by atoms with E-state index in [-0.39, 0.29) is 24.1 Å². The van der Waals surface area contributed by atoms with Crippen molar-refractivity contribution < 1.29 is 19.0 Å². The van der Waals surface area contributed by atoms with Crippen molar-refractivity contribution in [1.82, 2.24) is 15.2 Å². The van der Waals surface area contributed by atoms with Gasteiger partial charge in [0.1, 0.15) is 11.9 Å². The van der Waals surface area contributed by atoms with Gasteiger partial charge in [0.15, 0.2) is 0 Å². The number of rotatable bonds is 9. The molecule has 7 rings (SSSR count). The summed E-state index contributed by atoms with van der Waals surface area (Å²) in [7, 11) is 0. The molecule has 1 aromatic carbocycles. The van der Waals surface area contributed by atoms with Crippen LogP contribution < -0.4 is 20.5 Å². The number of fused-ring (bicyclic) bond motifs is 3. The minimum Gasteiger partial charge on any atom is -0.490 e. The van der Waals surface area contributed by atoms with Crippen molar-refractivity contribution in [2.45, 2.75) is 90.6 Å². The predicted octanol–water partition coefficient (Wildman–Crippen LogP) is 3.87. The van der Waals surface area contributed by atoms with E-state index in [0.717, 1.165) is 93.4 Å². The van der Waals surface area contributed by atoms with Crippen LogP contribution in [0.25, 0.3) is 0 Å². The average molecular weight is 579 g/mol. The number of ether oxygens (including phenoxy) is 3. The van der Waals surface area contributed by atoms with Crippen LogP contribution in [-0.2, 0) is 16.0 Å². The molecule has 0 radical (unpaired) electrons. The van der Waals surface area contributed by atoms with Gasteiger partial charge in [-0.05, 0) is 70.2 Å². The highest BCUT2D eigenvalue weighted by Crippen LogP contribution is 2.41. The number of anilines is 1. The molecule has 42 heavy (non-hydrogen) atoms. The van der Waals surface area contributed by atoms with Gasteiger partial charge in [-0.15, -0.1) is 0 Å². The van der Waals surface area contributed by atoms with Gasteiger partial charge in [0, 0.05) is 85.6 Å². The molecular weight excluding hydrogens is 532 g/mol. The molecule has 9 nitrogen and oxygen atoms in total. The van der Waals surface area contributed by atoms with Gasteiger partial charge >= 0.3 is 0 Å². The summed E-state index contributed by atoms with van der Waals surface area (Å²) in [6.07, 6.45) is 5.76. The minimum atomic E-state index is -0.192. The number of nitrogens with zero attached hydrogens (tertiary/aromatic N) is 2. The van der Waals surface area contributed by atoms with E-state index in [9.17, 15) is 9.59 Å². The molecule has 0 spiro atoms. The SMILES string of the molecule is CCN(c1cc(OC2CC(N3CCOCC3)C2)cc(C(=O)NCc2c(C)cc(C)[nH]c2=O)c1C)C1CC2CCC1CO2. The smallest absolute Gasteiger partial charge is 0.253 e. The van der Waals surface area contributed by atoms with Crippen LogP contribution in [0.2, 0.25) is 0 Å². The van der Waals surface area contributed by atoms with Crippen molar-refractivity contribution in [3.63, 3.8) is 0 Å². The number of nitrogens with one attached hydrogen (secondary N) is 2. The first kappa shape index (κ1) is 29.2. The van der Waals surface area contributed by atoms with Crippen LogP contribution in [0, 0.1) is 26.7 Å². The Hall–Kier alpha value is -2.88. The van der Waals surface area contributed by atoms with E-state index >= 15 is 0 Å². The molecule has 5 aliphatic rings. The summed E-state index contributed by atoms with van der Waals surface area (Å²) in [6.45, 7) is 13.4. The second-order valence-corrected chi connectivity index (χ2v) is 12.6. The van der Waals surface area contributed by atoms with E-state index < -0.39 is 0 Å². The predicted molar refractivity (Wildman–Crippen MR) is 163 cm³/mol. The van der Waals surface area contributed by atoms with Crippen molar-refractivity contribution in [1.29, 1.82) is 0 Å². The number of aromatic amines is 1. The summed E-state index contributed by atoms with van der Waals surface area (Å²) < 4.78 is 18.1. The molecule has 9 heteroatoms. The molecule has 3 unspecified atom stereocenters. The molecule has 3 atom stereocenters. The Bertz CT molecular complexity index is 1340. The fraction of sp³-hybridized carbons (Fsp3) is 0.636. The van der Waals surface area contributed by atoms with E-state index in [1.807, 2.05) is 32.9 Å². The standard InChI is InChI=1S/C33H46N4O5/c1-5-37(31-16-25-7-6-23(31)19-41-25)30-17-27(42-26-13-24(14-26)36-8-10-40-11-9-36)15-28(22(30)4)32(38)34-18-29-20(2)12-21(3)35-33(29)39/h12,15,17,23-26,31H,5-11,13-14,16,18-19H2,1-4H3,(H,34,38)(H,35,39). The highest BCUT2D eigenvalue weighted by Gasteiger charge is 2.40. The first-order valence-electron chi connectivity index (χ1n) is 15.8. The van der Waals surface area contributed by atoms with E-state index in [0.29, 0.717) is 35.2 Å². The third-order valence-electron chi connectivity index (χ3n) is 9.96. The molecule has 2 N–H and O–H groups in total. The second-order valence-electron chi connectivity index (χ2n) is 12.6. The van der Waals surface area contributed by atoms with E-state index in [1.54, 1.807) is 0 Å². The maximum atomic E-state index is 13.7. The molecule has 1 amide bonds. The number of carbonyl (C=O) groups excluding carboxylic acids is 1. The normalized spacial score (nSPS) is 27.4. The Morgan fingerprint density at radius 3 is 2.55 bits per heavy atom. The summed E-state index contributed by atoms with van der Waals surface area (Å²) in [4.78, 5) is 34.2. The van der Waals surface area contributed by atoms with E-state index in [4.69, 9.17) is 14.2 Å². The van der Waals surface area contributed by atoms with Crippen LogP contribution in [0.15, 0.2) is 23.0 Å². The van der Waals surface area contributed by atoms with Gasteiger partial charge in [-0.3, -0.25) is 14.5 Å². The number of amides is 1. The third kappa shape index (κ3) is 5.96. The minimum absolute atomic E-state index is 0.132. The van der Waals surface area contributed by atoms with Crippen LogP contribution in [0.3, 0.4) is 0 Å². The van der Waals surface area contributed by atoms with Crippen molar-refractivity contribution in [2.75, 3.05) is 44.4 Å². The zero-order valence-corrected chi connectivity index (χ0v) is 25.5. The maximum Gasteiger partial charge on any atom is 0.253 e. The monoisotopic (exact) mass is 578 g/mol. The molecule has 3 aliphatic heterocycles. The topological polar surface area (TPSA) is 96.1 Å². The highest BCUT2D eigenvalue weighted by molar-refractivity contribution is 5.97. The van der Waals surface area contributed by atoms with Crippen molar-refractivity contribution >= 4 is 11.6 Å². The first-order valence-corrected chi connectivity index (χ1v) is 15.8. The van der Waals surface area contributed by atoms with E-state index in [1.165, 1.54) is 6.42 Å². The van der Waals surface area contributed by atoms with Gasteiger partial charge in [-0.1, -0.05) is 0 Å². The Balaban J connectivity index is 1.25. The molecule has 2 aliphatic carbocycles. The lowest BCUT2D eigenvalue weighted by Gasteiger charge is -2.48. The van der Waals surface area contributed by atoms with E-state index in [2.05, 4.69) is 33.1 Å². The van der Waals surface area contributed by atoms with Crippen molar-refractivity contribution in [2.24, 2.45) is 5.92 Å². The van der Waals surface area contributed by atoms with Crippen LogP contribution in [0.4, 0.5) is 5.69 Å². The van der Waals surface area contributed by atoms with Gasteiger partial charge in [0.05, 0.1) is 25.9 Å². The summed E-state index contributed by atoms with van der Waals surface area (Å²) in [5.41, 5.74) is 4.71. The lowest BCUT2D eigenvalue weighted by atomic mass is 9.79. The van der Waals surface area contributed by atoms with Gasteiger partial charge in [0.2, 0.25) is 0 Å². The molecular formula is C33H46N4O5. The van der Waals surface area contributed by atoms with Crippen LogP contribution in [-0.4, -0.2) is 79.5 Å². The van der Waals surface area contributed by atoms with Gasteiger partial charge in [0.25, 0.3) is 11.5 Å². The number of aromatic nitrogens is 1. The Labute approximate surface area is 248 Å². The molecule has 4 heterocycles. The first-order chi connectivity index (χ1) is 20.3. The van der Waals surface area contributed by atoms with Crippen LogP contribution in [0.1, 0.15) is 71.8 Å².